The van der Waals surface area contributed by atoms with Crippen molar-refractivity contribution in [2.24, 2.45) is 5.92 Å². The smallest absolute Gasteiger partial charge is 0.323 e. The summed E-state index contributed by atoms with van der Waals surface area (Å²) in [5.41, 5.74) is 0.0128. The summed E-state index contributed by atoms with van der Waals surface area (Å²) in [5, 5.41) is 13.7. The first kappa shape index (κ1) is 18.3. The topological polar surface area (TPSA) is 102 Å². The predicted molar refractivity (Wildman–Crippen MR) is 94.6 cm³/mol. The molecule has 3 atom stereocenters. The van der Waals surface area contributed by atoms with Crippen molar-refractivity contribution >= 4 is 23.3 Å². The van der Waals surface area contributed by atoms with Crippen LogP contribution in [0.4, 0.5) is 11.4 Å². The number of likely N-dealkylation sites (tertiary alicyclic amines) is 1. The van der Waals surface area contributed by atoms with Gasteiger partial charge in [-0.2, -0.15) is 0 Å². The minimum absolute atomic E-state index is 0.0208. The third-order valence-corrected chi connectivity index (χ3v) is 5.40. The zero-order chi connectivity index (χ0) is 18.7. The number of anilines is 1. The Morgan fingerprint density at radius 3 is 2.77 bits per heavy atom. The molecule has 8 heteroatoms. The summed E-state index contributed by atoms with van der Waals surface area (Å²) in [6.45, 7) is 0.0208. The van der Waals surface area contributed by atoms with Crippen molar-refractivity contribution in [3.8, 4) is 0 Å². The van der Waals surface area contributed by atoms with E-state index in [1.165, 1.54) is 19.2 Å². The van der Waals surface area contributed by atoms with E-state index in [2.05, 4.69) is 5.32 Å². The van der Waals surface area contributed by atoms with Crippen LogP contribution in [0.1, 0.15) is 32.1 Å². The van der Waals surface area contributed by atoms with Crippen molar-refractivity contribution in [1.29, 1.82) is 0 Å². The normalized spacial score (nSPS) is 25.3. The van der Waals surface area contributed by atoms with Crippen molar-refractivity contribution < 1.29 is 19.2 Å². The molecule has 1 heterocycles. The molecule has 1 saturated carbocycles. The van der Waals surface area contributed by atoms with E-state index in [-0.39, 0.29) is 35.8 Å². The number of carbonyl (C=O) groups is 2. The van der Waals surface area contributed by atoms with Crippen LogP contribution < -0.4 is 5.32 Å². The number of nitro benzene ring substituents is 1. The van der Waals surface area contributed by atoms with Gasteiger partial charge in [-0.1, -0.05) is 25.0 Å². The largest absolute Gasteiger partial charge is 0.468 e. The number of esters is 1. The van der Waals surface area contributed by atoms with Gasteiger partial charge in [0.2, 0.25) is 5.91 Å². The molecule has 1 saturated heterocycles. The number of amides is 1. The molecule has 0 bridgehead atoms. The van der Waals surface area contributed by atoms with Gasteiger partial charge in [0.15, 0.2) is 0 Å². The molecule has 0 aromatic heterocycles. The molecule has 3 rings (SSSR count). The van der Waals surface area contributed by atoms with E-state index in [9.17, 15) is 19.7 Å². The van der Waals surface area contributed by atoms with Crippen LogP contribution in [0.25, 0.3) is 0 Å². The first-order valence-electron chi connectivity index (χ1n) is 8.88. The third kappa shape index (κ3) is 3.70. The zero-order valence-electron chi connectivity index (χ0n) is 14.7. The van der Waals surface area contributed by atoms with Crippen LogP contribution in [0.2, 0.25) is 0 Å². The van der Waals surface area contributed by atoms with E-state index in [4.69, 9.17) is 4.74 Å². The standard InChI is InChI=1S/C18H23N3O5/c1-26-18(23)16-10-12-6-2-4-8-14(12)20(16)11-17(22)19-13-7-3-5-9-15(13)21(24)25/h3,5,7,9,12,14,16H,2,4,6,8,10-11H2,1H3,(H,19,22)/t12-,14-,16+/m1/s1. The van der Waals surface area contributed by atoms with Gasteiger partial charge in [-0.3, -0.25) is 24.6 Å². The van der Waals surface area contributed by atoms with Gasteiger partial charge < -0.3 is 10.1 Å². The number of carbonyl (C=O) groups excluding carboxylic acids is 2. The third-order valence-electron chi connectivity index (χ3n) is 5.40. The van der Waals surface area contributed by atoms with Gasteiger partial charge in [0, 0.05) is 12.1 Å². The lowest BCUT2D eigenvalue weighted by Gasteiger charge is -2.32. The fourth-order valence-electron chi connectivity index (χ4n) is 4.24. The van der Waals surface area contributed by atoms with Crippen LogP contribution in [-0.2, 0) is 14.3 Å². The Bertz CT molecular complexity index is 708. The predicted octanol–water partition coefficient (Wildman–Crippen LogP) is 2.34. The number of nitrogens with one attached hydrogen (secondary N) is 1. The molecule has 26 heavy (non-hydrogen) atoms. The minimum Gasteiger partial charge on any atom is -0.468 e. The molecule has 0 unspecified atom stereocenters. The number of rotatable bonds is 5. The fraction of sp³-hybridized carbons (Fsp3) is 0.556. The summed E-state index contributed by atoms with van der Waals surface area (Å²) in [6, 6.07) is 5.79. The van der Waals surface area contributed by atoms with Gasteiger partial charge in [-0.25, -0.2) is 0 Å². The first-order valence-corrected chi connectivity index (χ1v) is 8.88. The van der Waals surface area contributed by atoms with Gasteiger partial charge in [0.25, 0.3) is 5.69 Å². The number of fused-ring (bicyclic) bond motifs is 1. The average Bonchev–Trinajstić information content (AvgIpc) is 3.00. The maximum Gasteiger partial charge on any atom is 0.323 e. The Morgan fingerprint density at radius 1 is 1.31 bits per heavy atom. The number of para-hydroxylation sites is 2. The van der Waals surface area contributed by atoms with E-state index in [1.54, 1.807) is 12.1 Å². The number of ether oxygens (including phenoxy) is 1. The quantitative estimate of drug-likeness (QED) is 0.491. The lowest BCUT2D eigenvalue weighted by atomic mass is 9.85. The number of benzene rings is 1. The first-order chi connectivity index (χ1) is 12.5. The van der Waals surface area contributed by atoms with Crippen LogP contribution >= 0.6 is 0 Å². The van der Waals surface area contributed by atoms with Crippen molar-refractivity contribution in [3.05, 3.63) is 34.4 Å². The number of hydrogen-bond acceptors (Lipinski definition) is 6. The average molecular weight is 361 g/mol. The molecule has 140 valence electrons. The van der Waals surface area contributed by atoms with E-state index in [1.807, 2.05) is 4.90 Å². The van der Waals surface area contributed by atoms with E-state index in [0.29, 0.717) is 12.3 Å². The van der Waals surface area contributed by atoms with Crippen LogP contribution in [0.3, 0.4) is 0 Å². The lowest BCUT2D eigenvalue weighted by molar-refractivity contribution is -0.383. The van der Waals surface area contributed by atoms with Crippen molar-refractivity contribution in [2.75, 3.05) is 19.0 Å². The Labute approximate surface area is 151 Å². The molecule has 1 N–H and O–H groups in total. The lowest BCUT2D eigenvalue weighted by Crippen LogP contribution is -2.46. The molecular formula is C18H23N3O5. The van der Waals surface area contributed by atoms with Crippen molar-refractivity contribution in [2.45, 2.75) is 44.2 Å². The summed E-state index contributed by atoms with van der Waals surface area (Å²) in [7, 11) is 1.36. The van der Waals surface area contributed by atoms with Crippen molar-refractivity contribution in [1.82, 2.24) is 4.90 Å². The molecule has 2 fully saturated rings. The molecule has 0 spiro atoms. The minimum atomic E-state index is -0.528. The maximum absolute atomic E-state index is 12.5. The Kier molecular flexibility index (Phi) is 5.51. The number of nitro groups is 1. The number of methoxy groups -OCH3 is 1. The van der Waals surface area contributed by atoms with Gasteiger partial charge in [0.1, 0.15) is 11.7 Å². The molecule has 1 aliphatic heterocycles. The summed E-state index contributed by atoms with van der Waals surface area (Å²) in [5.74, 6) is -0.288. The van der Waals surface area contributed by atoms with Gasteiger partial charge in [0.05, 0.1) is 18.6 Å². The molecule has 2 aliphatic rings. The second-order valence-electron chi connectivity index (χ2n) is 6.88. The number of hydrogen-bond donors (Lipinski definition) is 1. The van der Waals surface area contributed by atoms with Crippen LogP contribution in [0, 0.1) is 16.0 Å². The van der Waals surface area contributed by atoms with Crippen LogP contribution in [0.15, 0.2) is 24.3 Å². The van der Waals surface area contributed by atoms with Crippen molar-refractivity contribution in [3.63, 3.8) is 0 Å². The SMILES string of the molecule is COC(=O)[C@@H]1C[C@H]2CCCC[C@H]2N1CC(=O)Nc1ccccc1[N+](=O)[O-]. The molecule has 8 nitrogen and oxygen atoms in total. The van der Waals surface area contributed by atoms with Gasteiger partial charge in [-0.05, 0) is 31.2 Å². The Balaban J connectivity index is 1.74. The Hall–Kier alpha value is -2.48. The highest BCUT2D eigenvalue weighted by Gasteiger charge is 2.46. The van der Waals surface area contributed by atoms with E-state index < -0.39 is 11.0 Å². The summed E-state index contributed by atoms with van der Waals surface area (Å²) in [6.07, 6.45) is 4.94. The van der Waals surface area contributed by atoms with Crippen LogP contribution in [0.5, 0.6) is 0 Å². The molecule has 1 aromatic rings. The zero-order valence-corrected chi connectivity index (χ0v) is 14.7. The maximum atomic E-state index is 12.5. The van der Waals surface area contributed by atoms with E-state index in [0.717, 1.165) is 25.7 Å². The summed E-state index contributed by atoms with van der Waals surface area (Å²) in [4.78, 5) is 37.2. The summed E-state index contributed by atoms with van der Waals surface area (Å²) >= 11 is 0. The fourth-order valence-corrected chi connectivity index (χ4v) is 4.24. The molecule has 1 amide bonds. The monoisotopic (exact) mass is 361 g/mol. The molecule has 1 aromatic carbocycles. The second kappa shape index (κ2) is 7.82. The van der Waals surface area contributed by atoms with Gasteiger partial charge >= 0.3 is 5.97 Å². The van der Waals surface area contributed by atoms with Crippen LogP contribution in [-0.4, -0.2) is 47.4 Å². The second-order valence-corrected chi connectivity index (χ2v) is 6.88. The molecule has 1 aliphatic carbocycles. The molecular weight excluding hydrogens is 338 g/mol. The highest BCUT2D eigenvalue weighted by atomic mass is 16.6. The van der Waals surface area contributed by atoms with Gasteiger partial charge in [-0.15, -0.1) is 0 Å². The number of nitrogens with zero attached hydrogens (tertiary/aromatic N) is 2. The highest BCUT2D eigenvalue weighted by molar-refractivity contribution is 5.94. The van der Waals surface area contributed by atoms with E-state index >= 15 is 0 Å². The molecule has 0 radical (unpaired) electrons. The highest BCUT2D eigenvalue weighted by Crippen LogP contribution is 2.40. The Morgan fingerprint density at radius 2 is 2.04 bits per heavy atom. The summed E-state index contributed by atoms with van der Waals surface area (Å²) < 4.78 is 4.92.